The average Bonchev–Trinajstić information content (AvgIpc) is 2.76. The van der Waals surface area contributed by atoms with Gasteiger partial charge < -0.3 is 9.38 Å². The molecule has 0 aromatic rings. The number of quaternary nitrogens is 1. The predicted octanol–water partition coefficient (Wildman–Crippen LogP) is 9.21. The van der Waals surface area contributed by atoms with Crippen LogP contribution in [-0.2, 0) is 4.79 Å². The molecule has 0 heterocycles. The highest BCUT2D eigenvalue weighted by molar-refractivity contribution is 7.69. The van der Waals surface area contributed by atoms with Crippen LogP contribution in [0.3, 0.4) is 0 Å². The maximum Gasteiger partial charge on any atom is 0.234 e. The molecule has 0 radical (unpaired) electrons. The summed E-state index contributed by atoms with van der Waals surface area (Å²) in [5, 5.41) is 0. The fourth-order valence-corrected chi connectivity index (χ4v) is 5.84. The van der Waals surface area contributed by atoms with Gasteiger partial charge in [0.15, 0.2) is 0 Å². The first-order valence-electron chi connectivity index (χ1n) is 14.7. The first-order chi connectivity index (χ1) is 15.9. The summed E-state index contributed by atoms with van der Waals surface area (Å²) in [6.45, 7) is 2.74. The molecule has 0 amide bonds. The highest BCUT2D eigenvalue weighted by Crippen LogP contribution is 2.33. The lowest BCUT2D eigenvalue weighted by Crippen LogP contribution is -2.39. The lowest BCUT2D eigenvalue weighted by Gasteiger charge is -2.23. The van der Waals surface area contributed by atoms with E-state index in [1.54, 1.807) is 0 Å². The summed E-state index contributed by atoms with van der Waals surface area (Å²) < 4.78 is 0.609. The normalized spacial score (nSPS) is 12.9. The fourth-order valence-electron chi connectivity index (χ4n) is 4.48. The number of hydrogen-bond donors (Lipinski definition) is 1. The Morgan fingerprint density at radius 2 is 0.818 bits per heavy atom. The van der Waals surface area contributed by atoms with Gasteiger partial charge in [0.1, 0.15) is 14.7 Å². The third-order valence-corrected chi connectivity index (χ3v) is 8.08. The number of nitrogens with zero attached hydrogens (tertiary/aromatic N) is 1. The second kappa shape index (κ2) is 23.7. The highest BCUT2D eigenvalue weighted by Gasteiger charge is 2.21. The van der Waals surface area contributed by atoms with Crippen LogP contribution in [0.25, 0.3) is 0 Å². The van der Waals surface area contributed by atoms with Gasteiger partial charge in [-0.05, 0) is 12.6 Å². The van der Waals surface area contributed by atoms with Crippen LogP contribution < -0.4 is 0 Å². The van der Waals surface area contributed by atoms with Gasteiger partial charge in [-0.1, -0.05) is 142 Å². The number of carbonyl (C=O) groups is 1. The summed E-state index contributed by atoms with van der Waals surface area (Å²) in [7, 11) is 4.59. The number of hydrogen-bond acceptors (Lipinski definition) is 2. The van der Waals surface area contributed by atoms with E-state index in [2.05, 4.69) is 6.92 Å². The van der Waals surface area contributed by atoms with Crippen molar-refractivity contribution in [3.8, 4) is 0 Å². The molecule has 0 aliphatic heterocycles. The van der Waals surface area contributed by atoms with E-state index in [1.807, 2.05) is 21.1 Å². The van der Waals surface area contributed by atoms with Crippen molar-refractivity contribution in [1.82, 2.24) is 0 Å². The van der Waals surface area contributed by atoms with E-state index in [0.717, 1.165) is 12.8 Å². The molecule has 3 nitrogen and oxygen atoms in total. The van der Waals surface area contributed by atoms with Gasteiger partial charge >= 0.3 is 0 Å². The minimum Gasteiger partial charge on any atom is -0.366 e. The molecule has 0 fully saturated rings. The van der Waals surface area contributed by atoms with Gasteiger partial charge in [0.2, 0.25) is 5.52 Å². The van der Waals surface area contributed by atoms with Crippen molar-refractivity contribution in [3.05, 3.63) is 0 Å². The molecule has 0 spiro atoms. The van der Waals surface area contributed by atoms with Crippen LogP contribution >= 0.6 is 8.15 Å². The predicted molar refractivity (Wildman–Crippen MR) is 149 cm³/mol. The zero-order valence-corrected chi connectivity index (χ0v) is 24.1. The Labute approximate surface area is 209 Å². The standard InChI is InChI=1S/C29H61NO2P/c1-5-6-7-8-9-10-11-12-13-14-15-16-17-18-19-20-21-22-23-24-25-26-27-33(32)29(31)28-30(2,3)4/h32H,5-28H2,1-4H3/q+1. The summed E-state index contributed by atoms with van der Waals surface area (Å²) in [6, 6.07) is 0. The molecule has 1 unspecified atom stereocenters. The van der Waals surface area contributed by atoms with E-state index in [0.29, 0.717) is 17.2 Å². The number of unbranched alkanes of at least 4 members (excludes halogenated alkanes) is 21. The molecule has 0 aromatic carbocycles. The lowest BCUT2D eigenvalue weighted by atomic mass is 10.0. The maximum atomic E-state index is 12.0. The smallest absolute Gasteiger partial charge is 0.234 e. The van der Waals surface area contributed by atoms with Crippen molar-refractivity contribution in [3.63, 3.8) is 0 Å². The van der Waals surface area contributed by atoms with Crippen molar-refractivity contribution in [2.45, 2.75) is 148 Å². The lowest BCUT2D eigenvalue weighted by molar-refractivity contribution is -0.861. The molecule has 0 aromatic heterocycles. The topological polar surface area (TPSA) is 37.3 Å². The zero-order valence-electron chi connectivity index (χ0n) is 23.2. The van der Waals surface area contributed by atoms with Crippen LogP contribution in [0.4, 0.5) is 0 Å². The van der Waals surface area contributed by atoms with Gasteiger partial charge in [0.25, 0.3) is 0 Å². The van der Waals surface area contributed by atoms with Crippen molar-refractivity contribution in [2.24, 2.45) is 0 Å². The van der Waals surface area contributed by atoms with Crippen molar-refractivity contribution < 1.29 is 14.2 Å². The van der Waals surface area contributed by atoms with E-state index in [-0.39, 0.29) is 5.52 Å². The van der Waals surface area contributed by atoms with Crippen LogP contribution in [0, 0.1) is 0 Å². The monoisotopic (exact) mass is 486 g/mol. The first-order valence-corrected chi connectivity index (χ1v) is 16.1. The van der Waals surface area contributed by atoms with Gasteiger partial charge in [-0.15, -0.1) is 0 Å². The summed E-state index contributed by atoms with van der Waals surface area (Å²) in [5.41, 5.74) is 0.0565. The average molecular weight is 487 g/mol. The molecule has 1 atom stereocenters. The first kappa shape index (κ1) is 33.0. The zero-order chi connectivity index (χ0) is 24.6. The Hall–Kier alpha value is 0.0200. The Balaban J connectivity index is 3.19. The van der Waals surface area contributed by atoms with Crippen LogP contribution in [0.1, 0.15) is 148 Å². The summed E-state index contributed by atoms with van der Waals surface area (Å²) in [6.07, 6.45) is 31.2. The molecular formula is C29H61NO2P+. The van der Waals surface area contributed by atoms with E-state index in [4.69, 9.17) is 0 Å². The van der Waals surface area contributed by atoms with Gasteiger partial charge in [0, 0.05) is 0 Å². The van der Waals surface area contributed by atoms with Gasteiger partial charge in [0.05, 0.1) is 21.1 Å². The molecule has 0 aliphatic rings. The number of carbonyl (C=O) groups excluding carboxylic acids is 1. The van der Waals surface area contributed by atoms with Gasteiger partial charge in [-0.25, -0.2) is 0 Å². The van der Waals surface area contributed by atoms with E-state index < -0.39 is 8.15 Å². The molecule has 33 heavy (non-hydrogen) atoms. The molecule has 0 saturated carbocycles. The van der Waals surface area contributed by atoms with Crippen LogP contribution in [0.5, 0.6) is 0 Å². The Kier molecular flexibility index (Phi) is 23.8. The van der Waals surface area contributed by atoms with Crippen LogP contribution in [0.15, 0.2) is 0 Å². The second-order valence-electron chi connectivity index (χ2n) is 11.4. The number of rotatable bonds is 26. The Bertz CT molecular complexity index is 422. The summed E-state index contributed by atoms with van der Waals surface area (Å²) >= 11 is 0. The van der Waals surface area contributed by atoms with Crippen molar-refractivity contribution in [1.29, 1.82) is 0 Å². The van der Waals surface area contributed by atoms with E-state index in [1.165, 1.54) is 128 Å². The number of likely N-dealkylation sites (N-methyl/N-ethyl adjacent to an activating group) is 1. The third-order valence-electron chi connectivity index (χ3n) is 6.62. The quantitative estimate of drug-likeness (QED) is 0.0751. The van der Waals surface area contributed by atoms with Crippen molar-refractivity contribution >= 4 is 13.7 Å². The second-order valence-corrected chi connectivity index (χ2v) is 13.1. The molecule has 0 bridgehead atoms. The summed E-state index contributed by atoms with van der Waals surface area (Å²) in [4.78, 5) is 22.0. The fraction of sp³-hybridized carbons (Fsp3) is 0.966. The Morgan fingerprint density at radius 1 is 0.545 bits per heavy atom. The Morgan fingerprint density at radius 3 is 1.09 bits per heavy atom. The molecule has 1 N–H and O–H groups in total. The van der Waals surface area contributed by atoms with Gasteiger partial charge in [-0.2, -0.15) is 0 Å². The minimum atomic E-state index is -1.41. The minimum absolute atomic E-state index is 0.0565. The van der Waals surface area contributed by atoms with Crippen LogP contribution in [-0.4, -0.2) is 48.8 Å². The highest BCUT2D eigenvalue weighted by atomic mass is 31.1. The van der Waals surface area contributed by atoms with Crippen LogP contribution in [0.2, 0.25) is 0 Å². The molecule has 4 heteroatoms. The molecule has 0 saturated heterocycles. The SMILES string of the molecule is CCCCCCCCCCCCCCCCCCCCCCCCP(O)C(=O)C[N+](C)(C)C. The van der Waals surface area contributed by atoms with Gasteiger partial charge in [-0.3, -0.25) is 4.79 Å². The molecular weight excluding hydrogens is 425 g/mol. The third kappa shape index (κ3) is 26.5. The molecule has 0 aliphatic carbocycles. The molecule has 0 rings (SSSR count). The van der Waals surface area contributed by atoms with Crippen molar-refractivity contribution in [2.75, 3.05) is 33.8 Å². The largest absolute Gasteiger partial charge is 0.366 e. The van der Waals surface area contributed by atoms with E-state index in [9.17, 15) is 9.69 Å². The maximum absolute atomic E-state index is 12.0. The summed E-state index contributed by atoms with van der Waals surface area (Å²) in [5.74, 6) is 0. The molecule has 198 valence electrons. The van der Waals surface area contributed by atoms with E-state index >= 15 is 0 Å².